The number of nitro groups is 1. The van der Waals surface area contributed by atoms with E-state index in [1.54, 1.807) is 12.1 Å². The summed E-state index contributed by atoms with van der Waals surface area (Å²) in [6.45, 7) is 3.35. The molecular formula is C22H21N3O5S. The van der Waals surface area contributed by atoms with Crippen LogP contribution in [-0.2, 0) is 10.0 Å². The van der Waals surface area contributed by atoms with E-state index in [2.05, 4.69) is 10.0 Å². The molecule has 3 rings (SSSR count). The summed E-state index contributed by atoms with van der Waals surface area (Å²) in [7, 11) is -4.16. The highest BCUT2D eigenvalue weighted by Gasteiger charge is 2.22. The molecule has 0 heterocycles. The van der Waals surface area contributed by atoms with Gasteiger partial charge in [-0.1, -0.05) is 48.5 Å². The van der Waals surface area contributed by atoms with Gasteiger partial charge >= 0.3 is 0 Å². The number of aryl methyl sites for hydroxylation is 1. The molecule has 0 aromatic heterocycles. The number of hydrogen-bond acceptors (Lipinski definition) is 5. The number of carbonyl (C=O) groups excluding carboxylic acids is 1. The van der Waals surface area contributed by atoms with Gasteiger partial charge in [0.2, 0.25) is 0 Å². The number of nitro benzene ring substituents is 1. The maximum absolute atomic E-state index is 12.8. The van der Waals surface area contributed by atoms with E-state index in [0.717, 1.165) is 11.6 Å². The Kier molecular flexibility index (Phi) is 6.36. The number of sulfonamides is 1. The van der Waals surface area contributed by atoms with Gasteiger partial charge in [-0.2, -0.15) is 0 Å². The van der Waals surface area contributed by atoms with E-state index in [1.165, 1.54) is 31.2 Å². The number of rotatable bonds is 7. The molecule has 1 atom stereocenters. The minimum Gasteiger partial charge on any atom is -0.345 e. The molecule has 0 fully saturated rings. The molecule has 31 heavy (non-hydrogen) atoms. The van der Waals surface area contributed by atoms with Crippen LogP contribution in [0.5, 0.6) is 0 Å². The summed E-state index contributed by atoms with van der Waals surface area (Å²) in [4.78, 5) is 23.1. The Morgan fingerprint density at radius 1 is 1.00 bits per heavy atom. The first-order valence-corrected chi connectivity index (χ1v) is 10.9. The van der Waals surface area contributed by atoms with Gasteiger partial charge in [-0.25, -0.2) is 8.42 Å². The summed E-state index contributed by atoms with van der Waals surface area (Å²) >= 11 is 0. The molecule has 0 saturated heterocycles. The molecule has 1 unspecified atom stereocenters. The number of hydrogen-bond donors (Lipinski definition) is 2. The zero-order valence-corrected chi connectivity index (χ0v) is 17.7. The summed E-state index contributed by atoms with van der Waals surface area (Å²) in [5, 5.41) is 14.0. The van der Waals surface area contributed by atoms with Crippen LogP contribution in [0.25, 0.3) is 0 Å². The van der Waals surface area contributed by atoms with Gasteiger partial charge in [0.25, 0.3) is 21.6 Å². The van der Waals surface area contributed by atoms with Crippen molar-refractivity contribution in [1.29, 1.82) is 0 Å². The lowest BCUT2D eigenvalue weighted by Crippen LogP contribution is -2.28. The summed E-state index contributed by atoms with van der Waals surface area (Å²) in [5.74, 6) is -0.454. The molecule has 2 N–H and O–H groups in total. The van der Waals surface area contributed by atoms with Gasteiger partial charge in [0, 0.05) is 11.6 Å². The van der Waals surface area contributed by atoms with Crippen molar-refractivity contribution in [2.45, 2.75) is 24.8 Å². The van der Waals surface area contributed by atoms with Crippen molar-refractivity contribution < 1.29 is 18.1 Å². The first kappa shape index (κ1) is 22.0. The maximum Gasteiger partial charge on any atom is 0.273 e. The highest BCUT2D eigenvalue weighted by atomic mass is 32.2. The van der Waals surface area contributed by atoms with Crippen LogP contribution >= 0.6 is 0 Å². The Labute approximate surface area is 180 Å². The number of carbonyl (C=O) groups is 1. The minimum absolute atomic E-state index is 0.0727. The molecule has 0 bridgehead atoms. The Bertz CT molecular complexity index is 1230. The predicted molar refractivity (Wildman–Crippen MR) is 117 cm³/mol. The molecule has 9 heteroatoms. The van der Waals surface area contributed by atoms with E-state index in [1.807, 2.05) is 37.3 Å². The molecule has 3 aromatic carbocycles. The summed E-state index contributed by atoms with van der Waals surface area (Å²) in [5.41, 5.74) is 1.16. The largest absolute Gasteiger partial charge is 0.345 e. The van der Waals surface area contributed by atoms with Crippen LogP contribution in [0, 0.1) is 17.0 Å². The molecule has 8 nitrogen and oxygen atoms in total. The summed E-state index contributed by atoms with van der Waals surface area (Å²) in [6, 6.07) is 18.9. The summed E-state index contributed by atoms with van der Waals surface area (Å²) < 4.78 is 28.1. The van der Waals surface area contributed by atoms with Gasteiger partial charge in [-0.15, -0.1) is 0 Å². The van der Waals surface area contributed by atoms with Crippen molar-refractivity contribution in [3.05, 3.63) is 99.6 Å². The number of para-hydroxylation sites is 1. The van der Waals surface area contributed by atoms with Gasteiger partial charge in [0.05, 0.1) is 27.1 Å². The van der Waals surface area contributed by atoms with Crippen LogP contribution in [0.4, 0.5) is 11.4 Å². The van der Waals surface area contributed by atoms with Gasteiger partial charge in [0.1, 0.15) is 0 Å². The second-order valence-electron chi connectivity index (χ2n) is 6.96. The molecule has 1 amide bonds. The molecule has 0 aliphatic rings. The van der Waals surface area contributed by atoms with Gasteiger partial charge in [-0.05, 0) is 37.6 Å². The lowest BCUT2D eigenvalue weighted by molar-refractivity contribution is -0.385. The average molecular weight is 439 g/mol. The first-order valence-electron chi connectivity index (χ1n) is 9.42. The normalized spacial score (nSPS) is 12.1. The molecule has 0 radical (unpaired) electrons. The van der Waals surface area contributed by atoms with Crippen molar-refractivity contribution in [1.82, 2.24) is 5.32 Å². The van der Waals surface area contributed by atoms with E-state index in [4.69, 9.17) is 0 Å². The van der Waals surface area contributed by atoms with Crippen molar-refractivity contribution in [2.24, 2.45) is 0 Å². The van der Waals surface area contributed by atoms with Crippen molar-refractivity contribution in [2.75, 3.05) is 4.72 Å². The van der Waals surface area contributed by atoms with Crippen molar-refractivity contribution in [3.8, 4) is 0 Å². The lowest BCUT2D eigenvalue weighted by Gasteiger charge is -2.17. The predicted octanol–water partition coefficient (Wildman–Crippen LogP) is 4.20. The topological polar surface area (TPSA) is 118 Å². The van der Waals surface area contributed by atoms with E-state index in [0.29, 0.717) is 5.56 Å². The molecular weight excluding hydrogens is 418 g/mol. The molecule has 0 saturated carbocycles. The fourth-order valence-corrected chi connectivity index (χ4v) is 4.13. The number of benzene rings is 3. The van der Waals surface area contributed by atoms with Crippen molar-refractivity contribution >= 4 is 27.3 Å². The average Bonchev–Trinajstić information content (AvgIpc) is 2.74. The zero-order chi connectivity index (χ0) is 22.6. The quantitative estimate of drug-likeness (QED) is 0.423. The molecule has 3 aromatic rings. The molecule has 160 valence electrons. The zero-order valence-electron chi connectivity index (χ0n) is 16.9. The lowest BCUT2D eigenvalue weighted by atomic mass is 10.1. The molecule has 0 aliphatic carbocycles. The Morgan fingerprint density at radius 2 is 1.65 bits per heavy atom. The number of nitrogens with one attached hydrogen (secondary N) is 2. The second kappa shape index (κ2) is 8.97. The Hall–Kier alpha value is -3.72. The van der Waals surface area contributed by atoms with Crippen LogP contribution in [-0.4, -0.2) is 19.2 Å². The van der Waals surface area contributed by atoms with E-state index in [9.17, 15) is 23.3 Å². The number of anilines is 1. The second-order valence-corrected chi connectivity index (χ2v) is 8.64. The van der Waals surface area contributed by atoms with Gasteiger partial charge in [-0.3, -0.25) is 19.6 Å². The minimum atomic E-state index is -4.16. The fourth-order valence-electron chi connectivity index (χ4n) is 3.03. The standard InChI is InChI=1S/C22H21N3O5S/c1-15-12-13-18(14-21(15)25(27)28)31(29,30)24-20-11-7-6-10-19(20)22(26)23-16(2)17-8-4-3-5-9-17/h3-14,16,24H,1-2H3,(H,23,26). The Morgan fingerprint density at radius 3 is 2.32 bits per heavy atom. The van der Waals surface area contributed by atoms with Crippen LogP contribution in [0.1, 0.15) is 34.5 Å². The number of nitrogens with zero attached hydrogens (tertiary/aromatic N) is 1. The fraction of sp³-hybridized carbons (Fsp3) is 0.136. The third kappa shape index (κ3) is 5.07. The highest BCUT2D eigenvalue weighted by molar-refractivity contribution is 7.92. The van der Waals surface area contributed by atoms with Crippen LogP contribution in [0.15, 0.2) is 77.7 Å². The molecule has 0 spiro atoms. The number of amides is 1. The van der Waals surface area contributed by atoms with Crippen LogP contribution in [0.3, 0.4) is 0 Å². The van der Waals surface area contributed by atoms with Crippen LogP contribution < -0.4 is 10.0 Å². The Balaban J connectivity index is 1.87. The molecule has 0 aliphatic heterocycles. The maximum atomic E-state index is 12.8. The van der Waals surface area contributed by atoms with E-state index >= 15 is 0 Å². The highest BCUT2D eigenvalue weighted by Crippen LogP contribution is 2.25. The third-order valence-electron chi connectivity index (χ3n) is 4.75. The third-order valence-corrected chi connectivity index (χ3v) is 6.11. The van der Waals surface area contributed by atoms with E-state index in [-0.39, 0.29) is 27.9 Å². The summed E-state index contributed by atoms with van der Waals surface area (Å²) in [6.07, 6.45) is 0. The van der Waals surface area contributed by atoms with Crippen molar-refractivity contribution in [3.63, 3.8) is 0 Å². The first-order chi connectivity index (χ1) is 14.7. The monoisotopic (exact) mass is 439 g/mol. The van der Waals surface area contributed by atoms with Gasteiger partial charge in [0.15, 0.2) is 0 Å². The van der Waals surface area contributed by atoms with Crippen LogP contribution in [0.2, 0.25) is 0 Å². The SMILES string of the molecule is Cc1ccc(S(=O)(=O)Nc2ccccc2C(=O)NC(C)c2ccccc2)cc1[N+](=O)[O-]. The van der Waals surface area contributed by atoms with Gasteiger partial charge < -0.3 is 5.32 Å². The smallest absolute Gasteiger partial charge is 0.273 e. The van der Waals surface area contributed by atoms with E-state index < -0.39 is 20.9 Å².